The van der Waals surface area contributed by atoms with Gasteiger partial charge in [-0.25, -0.2) is 19.3 Å². The van der Waals surface area contributed by atoms with Crippen LogP contribution in [0.4, 0.5) is 16.0 Å². The van der Waals surface area contributed by atoms with Crippen molar-refractivity contribution < 1.29 is 13.7 Å². The Balaban J connectivity index is 1.98. The molecule has 0 saturated heterocycles. The molecule has 0 unspecified atom stereocenters. The predicted octanol–water partition coefficient (Wildman–Crippen LogP) is 5.58. The van der Waals surface area contributed by atoms with Gasteiger partial charge in [-0.1, -0.05) is 41.0 Å². The molecule has 6 nitrogen and oxygen atoms in total. The monoisotopic (exact) mass is 422 g/mol. The molecule has 2 aromatic heterocycles. The molecule has 4 aromatic rings. The number of carbonyl (C=O) groups is 1. The third-order valence-corrected chi connectivity index (χ3v) is 4.89. The summed E-state index contributed by atoms with van der Waals surface area (Å²) in [7, 11) is 0. The maximum atomic E-state index is 14.2. The minimum atomic E-state index is -0.375. The van der Waals surface area contributed by atoms with Gasteiger partial charge in [0.1, 0.15) is 17.8 Å². The van der Waals surface area contributed by atoms with E-state index < -0.39 is 0 Å². The molecule has 150 valence electrons. The Kier molecular flexibility index (Phi) is 5.29. The summed E-state index contributed by atoms with van der Waals surface area (Å²) >= 11 is 6.34. The first kappa shape index (κ1) is 19.7. The first-order valence-electron chi connectivity index (χ1n) is 9.05. The number of carbonyl (C=O) groups excluding carboxylic acids is 1. The molecule has 0 N–H and O–H groups in total. The SMILES string of the molecule is CC(=O)N(c1ccccc1Cl)c1onc(-c2ccc(C)c(F)c2)c1-c1ccncn1. The van der Waals surface area contributed by atoms with E-state index in [0.717, 1.165) is 0 Å². The fourth-order valence-corrected chi connectivity index (χ4v) is 3.32. The van der Waals surface area contributed by atoms with E-state index in [-0.39, 0.29) is 17.6 Å². The number of hydrogen-bond acceptors (Lipinski definition) is 5. The number of amides is 1. The van der Waals surface area contributed by atoms with Crippen LogP contribution in [0, 0.1) is 12.7 Å². The van der Waals surface area contributed by atoms with Crippen molar-refractivity contribution in [3.8, 4) is 22.5 Å². The molecule has 4 rings (SSSR count). The number of aromatic nitrogens is 3. The van der Waals surface area contributed by atoms with Crippen molar-refractivity contribution in [1.82, 2.24) is 15.1 Å². The number of halogens is 2. The zero-order valence-corrected chi connectivity index (χ0v) is 16.9. The Morgan fingerprint density at radius 2 is 1.97 bits per heavy atom. The van der Waals surface area contributed by atoms with Gasteiger partial charge >= 0.3 is 0 Å². The van der Waals surface area contributed by atoms with Crippen molar-refractivity contribution in [3.63, 3.8) is 0 Å². The second kappa shape index (κ2) is 8.04. The van der Waals surface area contributed by atoms with Crippen LogP contribution in [0.2, 0.25) is 5.02 Å². The van der Waals surface area contributed by atoms with Gasteiger partial charge in [-0.3, -0.25) is 4.79 Å². The lowest BCUT2D eigenvalue weighted by molar-refractivity contribution is -0.116. The van der Waals surface area contributed by atoms with Crippen LogP contribution >= 0.6 is 11.6 Å². The van der Waals surface area contributed by atoms with E-state index in [0.29, 0.717) is 38.8 Å². The fraction of sp³-hybridized carbons (Fsp3) is 0.0909. The summed E-state index contributed by atoms with van der Waals surface area (Å²) in [5.74, 6) is -0.582. The van der Waals surface area contributed by atoms with Gasteiger partial charge in [0, 0.05) is 18.7 Å². The van der Waals surface area contributed by atoms with Crippen LogP contribution in [0.1, 0.15) is 12.5 Å². The molecule has 0 saturated carbocycles. The summed E-state index contributed by atoms with van der Waals surface area (Å²) in [6.45, 7) is 3.06. The number of nitrogens with zero attached hydrogens (tertiary/aromatic N) is 4. The van der Waals surface area contributed by atoms with Crippen molar-refractivity contribution in [2.45, 2.75) is 13.8 Å². The Hall–Kier alpha value is -3.58. The highest BCUT2D eigenvalue weighted by Crippen LogP contribution is 2.43. The predicted molar refractivity (Wildman–Crippen MR) is 112 cm³/mol. The fourth-order valence-electron chi connectivity index (χ4n) is 3.10. The minimum Gasteiger partial charge on any atom is -0.336 e. The summed E-state index contributed by atoms with van der Waals surface area (Å²) in [5, 5.41) is 4.51. The van der Waals surface area contributed by atoms with Gasteiger partial charge in [-0.2, -0.15) is 0 Å². The highest BCUT2D eigenvalue weighted by atomic mass is 35.5. The zero-order chi connectivity index (χ0) is 21.3. The van der Waals surface area contributed by atoms with Gasteiger partial charge in [0.05, 0.1) is 22.0 Å². The molecular weight excluding hydrogens is 407 g/mol. The van der Waals surface area contributed by atoms with Crippen molar-refractivity contribution in [2.75, 3.05) is 4.90 Å². The first-order chi connectivity index (χ1) is 14.5. The molecule has 0 radical (unpaired) electrons. The molecule has 0 bridgehead atoms. The van der Waals surface area contributed by atoms with Crippen molar-refractivity contribution in [1.29, 1.82) is 0 Å². The average Bonchev–Trinajstić information content (AvgIpc) is 3.16. The number of rotatable bonds is 4. The van der Waals surface area contributed by atoms with E-state index >= 15 is 0 Å². The van der Waals surface area contributed by atoms with Crippen LogP contribution in [-0.2, 0) is 4.79 Å². The Bertz CT molecular complexity index is 1230. The van der Waals surface area contributed by atoms with E-state index in [4.69, 9.17) is 16.1 Å². The van der Waals surface area contributed by atoms with E-state index in [1.54, 1.807) is 55.6 Å². The molecule has 8 heteroatoms. The smallest absolute Gasteiger partial charge is 0.248 e. The van der Waals surface area contributed by atoms with Gasteiger partial charge in [0.2, 0.25) is 11.8 Å². The highest BCUT2D eigenvalue weighted by Gasteiger charge is 2.29. The van der Waals surface area contributed by atoms with Crippen LogP contribution in [-0.4, -0.2) is 21.0 Å². The quantitative estimate of drug-likeness (QED) is 0.429. The first-order valence-corrected chi connectivity index (χ1v) is 9.43. The second-order valence-corrected chi connectivity index (χ2v) is 6.98. The van der Waals surface area contributed by atoms with E-state index in [1.165, 1.54) is 24.2 Å². The van der Waals surface area contributed by atoms with E-state index in [2.05, 4.69) is 15.1 Å². The molecule has 2 heterocycles. The molecule has 1 amide bonds. The third-order valence-electron chi connectivity index (χ3n) is 4.57. The maximum absolute atomic E-state index is 14.2. The normalized spacial score (nSPS) is 10.8. The molecule has 0 aliphatic carbocycles. The molecule has 2 aromatic carbocycles. The van der Waals surface area contributed by atoms with Crippen LogP contribution in [0.25, 0.3) is 22.5 Å². The standard InChI is InChI=1S/C22H16ClFN4O2/c1-13-7-8-15(11-17(13)24)21-20(18-9-10-25-12-26-18)22(30-27-21)28(14(2)29)19-6-4-3-5-16(19)23/h3-12H,1-2H3. The van der Waals surface area contributed by atoms with Crippen molar-refractivity contribution in [2.24, 2.45) is 0 Å². The van der Waals surface area contributed by atoms with Gasteiger partial charge in [0.15, 0.2) is 0 Å². The highest BCUT2D eigenvalue weighted by molar-refractivity contribution is 6.34. The van der Waals surface area contributed by atoms with Crippen LogP contribution in [0.15, 0.2) is 65.6 Å². The molecule has 0 aliphatic heterocycles. The summed E-state index contributed by atoms with van der Waals surface area (Å²) < 4.78 is 19.9. The summed E-state index contributed by atoms with van der Waals surface area (Å²) in [5.41, 5.74) is 2.67. The lowest BCUT2D eigenvalue weighted by Gasteiger charge is -2.20. The van der Waals surface area contributed by atoms with Gasteiger partial charge in [0.25, 0.3) is 0 Å². The van der Waals surface area contributed by atoms with Crippen LogP contribution in [0.5, 0.6) is 0 Å². The topological polar surface area (TPSA) is 72.1 Å². The average molecular weight is 423 g/mol. The van der Waals surface area contributed by atoms with Crippen molar-refractivity contribution >= 4 is 29.1 Å². The van der Waals surface area contributed by atoms with Crippen LogP contribution in [0.3, 0.4) is 0 Å². The molecule has 0 fully saturated rings. The summed E-state index contributed by atoms with van der Waals surface area (Å²) in [6.07, 6.45) is 2.94. The molecule has 0 spiro atoms. The largest absolute Gasteiger partial charge is 0.336 e. The number of benzene rings is 2. The second-order valence-electron chi connectivity index (χ2n) is 6.58. The third kappa shape index (κ3) is 3.55. The minimum absolute atomic E-state index is 0.130. The van der Waals surface area contributed by atoms with E-state index in [9.17, 15) is 9.18 Å². The summed E-state index contributed by atoms with van der Waals surface area (Å²) in [6, 6.07) is 13.3. The number of hydrogen-bond donors (Lipinski definition) is 0. The van der Waals surface area contributed by atoms with E-state index in [1.807, 2.05) is 0 Å². The van der Waals surface area contributed by atoms with Gasteiger partial charge in [-0.15, -0.1) is 0 Å². The Labute approximate surface area is 176 Å². The van der Waals surface area contributed by atoms with Crippen molar-refractivity contribution in [3.05, 3.63) is 77.5 Å². The summed E-state index contributed by atoms with van der Waals surface area (Å²) in [4.78, 5) is 22.2. The lowest BCUT2D eigenvalue weighted by Crippen LogP contribution is -2.23. The van der Waals surface area contributed by atoms with Crippen LogP contribution < -0.4 is 4.90 Å². The molecular formula is C22H16ClFN4O2. The maximum Gasteiger partial charge on any atom is 0.248 e. The molecule has 30 heavy (non-hydrogen) atoms. The Morgan fingerprint density at radius 3 is 2.63 bits per heavy atom. The number of aryl methyl sites for hydroxylation is 1. The molecule has 0 aliphatic rings. The van der Waals surface area contributed by atoms with Gasteiger partial charge in [-0.05, 0) is 36.8 Å². The zero-order valence-electron chi connectivity index (χ0n) is 16.1. The lowest BCUT2D eigenvalue weighted by atomic mass is 10.0. The van der Waals surface area contributed by atoms with Gasteiger partial charge < -0.3 is 4.52 Å². The number of anilines is 2. The number of para-hydroxylation sites is 1. The molecule has 0 atom stereocenters. The Morgan fingerprint density at radius 1 is 1.17 bits per heavy atom.